The van der Waals surface area contributed by atoms with Gasteiger partial charge in [-0.25, -0.2) is 0 Å². The number of ether oxygens (including phenoxy) is 2. The number of benzene rings is 1. The lowest BCUT2D eigenvalue weighted by atomic mass is 10.3. The number of unbranched alkanes of at least 4 members (excludes halogenated alkanes) is 2. The van der Waals surface area contributed by atoms with Gasteiger partial charge in [-0.1, -0.05) is 26.7 Å². The van der Waals surface area contributed by atoms with Crippen LogP contribution in [0.5, 0.6) is 11.5 Å². The molecule has 2 nitrogen and oxygen atoms in total. The van der Waals surface area contributed by atoms with Crippen molar-refractivity contribution in [2.24, 2.45) is 0 Å². The van der Waals surface area contributed by atoms with Crippen molar-refractivity contribution in [2.45, 2.75) is 49.3 Å². The third kappa shape index (κ3) is 5.49. The van der Waals surface area contributed by atoms with Crippen LogP contribution in [0, 0.1) is 0 Å². The largest absolute Gasteiger partial charge is 0.493 e. The second kappa shape index (κ2) is 10.3. The first kappa shape index (κ1) is 17.6. The van der Waals surface area contributed by atoms with Crippen LogP contribution in [-0.2, 0) is 0 Å². The molecule has 20 heavy (non-hydrogen) atoms. The summed E-state index contributed by atoms with van der Waals surface area (Å²) in [6, 6.07) is 4.24. The summed E-state index contributed by atoms with van der Waals surface area (Å²) in [7, 11) is 3.39. The number of thioether (sulfide) groups is 2. The molecule has 0 amide bonds. The van der Waals surface area contributed by atoms with Crippen LogP contribution in [0.3, 0.4) is 0 Å². The second-order valence-corrected chi connectivity index (χ2v) is 6.83. The molecule has 0 aliphatic rings. The summed E-state index contributed by atoms with van der Waals surface area (Å²) in [6.45, 7) is 4.46. The van der Waals surface area contributed by atoms with E-state index < -0.39 is 0 Å². The number of hydrogen-bond acceptors (Lipinski definition) is 4. The molecule has 114 valence electrons. The molecule has 0 unspecified atom stereocenters. The Labute approximate surface area is 132 Å². The summed E-state index contributed by atoms with van der Waals surface area (Å²) in [5, 5.41) is 0. The average Bonchev–Trinajstić information content (AvgIpc) is 2.48. The number of hydrogen-bond donors (Lipinski definition) is 0. The highest BCUT2D eigenvalue weighted by Gasteiger charge is 2.12. The quantitative estimate of drug-likeness (QED) is 0.420. The lowest BCUT2D eigenvalue weighted by molar-refractivity contribution is 0.352. The van der Waals surface area contributed by atoms with Crippen molar-refractivity contribution in [2.75, 3.05) is 25.7 Å². The van der Waals surface area contributed by atoms with Crippen molar-refractivity contribution in [3.8, 4) is 11.5 Å². The fourth-order valence-electron chi connectivity index (χ4n) is 1.72. The molecule has 0 saturated heterocycles. The molecule has 0 saturated carbocycles. The molecular formula is C16H26O2S2. The molecule has 0 fully saturated rings. The van der Waals surface area contributed by atoms with Crippen LogP contribution >= 0.6 is 23.5 Å². The minimum atomic E-state index is 0.825. The standard InChI is InChI=1S/C16H26O2S2/c1-5-7-9-19-15-11-13(17-3)14(18-4)12-16(15)20-10-8-6-2/h11-12H,5-10H2,1-4H3. The molecule has 0 aliphatic carbocycles. The molecule has 1 aromatic rings. The van der Waals surface area contributed by atoms with E-state index in [4.69, 9.17) is 9.47 Å². The van der Waals surface area contributed by atoms with Crippen molar-refractivity contribution in [1.29, 1.82) is 0 Å². The first-order valence-electron chi connectivity index (χ1n) is 7.28. The Hall–Kier alpha value is -0.480. The van der Waals surface area contributed by atoms with Gasteiger partial charge in [0.1, 0.15) is 0 Å². The minimum absolute atomic E-state index is 0.825. The third-order valence-electron chi connectivity index (χ3n) is 2.96. The molecule has 0 atom stereocenters. The van der Waals surface area contributed by atoms with E-state index in [0.29, 0.717) is 0 Å². The minimum Gasteiger partial charge on any atom is -0.493 e. The Morgan fingerprint density at radius 3 is 1.50 bits per heavy atom. The average molecular weight is 315 g/mol. The molecule has 0 aliphatic heterocycles. The van der Waals surface area contributed by atoms with Crippen LogP contribution in [0.1, 0.15) is 39.5 Å². The van der Waals surface area contributed by atoms with Gasteiger partial charge in [0.05, 0.1) is 14.2 Å². The van der Waals surface area contributed by atoms with E-state index >= 15 is 0 Å². The highest BCUT2D eigenvalue weighted by atomic mass is 32.2. The number of rotatable bonds is 10. The van der Waals surface area contributed by atoms with Crippen molar-refractivity contribution < 1.29 is 9.47 Å². The SMILES string of the molecule is CCCCSc1cc(OC)c(OC)cc1SCCCC. The molecule has 0 heterocycles. The maximum atomic E-state index is 5.42. The van der Waals surface area contributed by atoms with Gasteiger partial charge in [-0.05, 0) is 36.5 Å². The molecule has 1 rings (SSSR count). The monoisotopic (exact) mass is 314 g/mol. The lowest BCUT2D eigenvalue weighted by Gasteiger charge is -2.14. The van der Waals surface area contributed by atoms with Crippen LogP contribution in [0.25, 0.3) is 0 Å². The highest BCUT2D eigenvalue weighted by molar-refractivity contribution is 8.02. The maximum absolute atomic E-state index is 5.42. The van der Waals surface area contributed by atoms with Crippen molar-refractivity contribution in [3.05, 3.63) is 12.1 Å². The van der Waals surface area contributed by atoms with Gasteiger partial charge in [0.25, 0.3) is 0 Å². The zero-order valence-corrected chi connectivity index (χ0v) is 14.7. The van der Waals surface area contributed by atoms with Gasteiger partial charge in [0, 0.05) is 9.79 Å². The van der Waals surface area contributed by atoms with Crippen LogP contribution < -0.4 is 9.47 Å². The molecule has 1 aromatic carbocycles. The normalized spacial score (nSPS) is 10.6. The Morgan fingerprint density at radius 1 is 0.800 bits per heavy atom. The van der Waals surface area contributed by atoms with Crippen LogP contribution in [-0.4, -0.2) is 25.7 Å². The van der Waals surface area contributed by atoms with Gasteiger partial charge in [-0.2, -0.15) is 0 Å². The van der Waals surface area contributed by atoms with Crippen molar-refractivity contribution in [3.63, 3.8) is 0 Å². The van der Waals surface area contributed by atoms with Gasteiger partial charge < -0.3 is 9.47 Å². The summed E-state index contributed by atoms with van der Waals surface area (Å²) >= 11 is 3.84. The zero-order chi connectivity index (χ0) is 14.8. The Bertz CT molecular complexity index is 357. The first-order valence-corrected chi connectivity index (χ1v) is 9.25. The third-order valence-corrected chi connectivity index (χ3v) is 5.37. The first-order chi connectivity index (χ1) is 9.76. The van der Waals surface area contributed by atoms with Crippen LogP contribution in [0.4, 0.5) is 0 Å². The van der Waals surface area contributed by atoms with Crippen molar-refractivity contribution >= 4 is 23.5 Å². The molecule has 0 spiro atoms. The fourth-order valence-corrected chi connectivity index (χ4v) is 4.16. The molecule has 0 bridgehead atoms. The number of methoxy groups -OCH3 is 2. The maximum Gasteiger partial charge on any atom is 0.161 e. The topological polar surface area (TPSA) is 18.5 Å². The van der Waals surface area contributed by atoms with E-state index in [2.05, 4.69) is 26.0 Å². The summed E-state index contributed by atoms with van der Waals surface area (Å²) < 4.78 is 10.8. The zero-order valence-electron chi connectivity index (χ0n) is 13.0. The van der Waals surface area contributed by atoms with Gasteiger partial charge in [0.2, 0.25) is 0 Å². The Balaban J connectivity index is 2.89. The Morgan fingerprint density at radius 2 is 1.20 bits per heavy atom. The van der Waals surface area contributed by atoms with Gasteiger partial charge >= 0.3 is 0 Å². The molecular weight excluding hydrogens is 288 g/mol. The summed E-state index contributed by atoms with van der Waals surface area (Å²) in [6.07, 6.45) is 4.97. The molecule has 4 heteroatoms. The van der Waals surface area contributed by atoms with E-state index in [1.54, 1.807) is 14.2 Å². The second-order valence-electron chi connectivity index (χ2n) is 4.56. The van der Waals surface area contributed by atoms with Crippen LogP contribution in [0.15, 0.2) is 21.9 Å². The van der Waals surface area contributed by atoms with Gasteiger partial charge in [-0.15, -0.1) is 23.5 Å². The highest BCUT2D eigenvalue weighted by Crippen LogP contribution is 2.40. The summed E-state index contributed by atoms with van der Waals surface area (Å²) in [5.74, 6) is 3.97. The van der Waals surface area contributed by atoms with E-state index in [1.807, 2.05) is 23.5 Å². The molecule has 0 radical (unpaired) electrons. The predicted octanol–water partition coefficient (Wildman–Crippen LogP) is 5.49. The fraction of sp³-hybridized carbons (Fsp3) is 0.625. The van der Waals surface area contributed by atoms with Gasteiger partial charge in [0.15, 0.2) is 11.5 Å². The molecule has 0 aromatic heterocycles. The summed E-state index contributed by atoms with van der Waals surface area (Å²) in [5.41, 5.74) is 0. The summed E-state index contributed by atoms with van der Waals surface area (Å²) in [4.78, 5) is 2.63. The van der Waals surface area contributed by atoms with E-state index in [9.17, 15) is 0 Å². The Kier molecular flexibility index (Phi) is 9.03. The smallest absolute Gasteiger partial charge is 0.161 e. The van der Waals surface area contributed by atoms with Gasteiger partial charge in [-0.3, -0.25) is 0 Å². The van der Waals surface area contributed by atoms with E-state index in [1.165, 1.54) is 35.5 Å². The predicted molar refractivity (Wildman–Crippen MR) is 90.8 cm³/mol. The molecule has 0 N–H and O–H groups in total. The van der Waals surface area contributed by atoms with Crippen LogP contribution in [0.2, 0.25) is 0 Å². The van der Waals surface area contributed by atoms with E-state index in [0.717, 1.165) is 23.0 Å². The lowest BCUT2D eigenvalue weighted by Crippen LogP contribution is -1.93. The van der Waals surface area contributed by atoms with Crippen molar-refractivity contribution in [1.82, 2.24) is 0 Å². The van der Waals surface area contributed by atoms with E-state index in [-0.39, 0.29) is 0 Å².